The van der Waals surface area contributed by atoms with Crippen LogP contribution in [0, 0.1) is 5.92 Å². The number of halogens is 2. The normalized spacial score (nSPS) is 21.0. The minimum atomic E-state index is -0.522. The SMILES string of the molecule is CC1CC(C(=O)Nc2ccc(Cl)cc2Br)CCN1C(=O)OC(C)(C)C. The van der Waals surface area contributed by atoms with Crippen LogP contribution in [-0.4, -0.2) is 35.1 Å². The summed E-state index contributed by atoms with van der Waals surface area (Å²) in [4.78, 5) is 26.5. The average Bonchev–Trinajstić information content (AvgIpc) is 2.48. The van der Waals surface area contributed by atoms with Crippen molar-refractivity contribution in [1.29, 1.82) is 0 Å². The molecule has 1 N–H and O–H groups in total. The van der Waals surface area contributed by atoms with Gasteiger partial charge in [0.1, 0.15) is 5.60 Å². The number of piperidine rings is 1. The fourth-order valence-electron chi connectivity index (χ4n) is 2.83. The van der Waals surface area contributed by atoms with Crippen molar-refractivity contribution in [2.24, 2.45) is 5.92 Å². The lowest BCUT2D eigenvalue weighted by Crippen LogP contribution is -2.48. The molecule has 5 nitrogen and oxygen atoms in total. The Morgan fingerprint density at radius 3 is 2.60 bits per heavy atom. The Kier molecular flexibility index (Phi) is 6.38. The van der Waals surface area contributed by atoms with E-state index in [4.69, 9.17) is 16.3 Å². The number of amides is 2. The minimum absolute atomic E-state index is 0.0429. The molecule has 2 unspecified atom stereocenters. The van der Waals surface area contributed by atoms with E-state index in [2.05, 4.69) is 21.2 Å². The van der Waals surface area contributed by atoms with E-state index in [1.807, 2.05) is 27.7 Å². The molecule has 0 radical (unpaired) electrons. The molecule has 0 aromatic heterocycles. The first-order valence-electron chi connectivity index (χ1n) is 8.32. The molecule has 1 aromatic rings. The lowest BCUT2D eigenvalue weighted by Gasteiger charge is -2.37. The Hall–Kier alpha value is -1.27. The second kappa shape index (κ2) is 7.96. The van der Waals surface area contributed by atoms with Crippen LogP contribution in [0.1, 0.15) is 40.5 Å². The first kappa shape index (κ1) is 20.0. The molecule has 1 aliphatic heterocycles. The Morgan fingerprint density at radius 1 is 1.36 bits per heavy atom. The van der Waals surface area contributed by atoms with Crippen LogP contribution in [0.15, 0.2) is 22.7 Å². The largest absolute Gasteiger partial charge is 0.444 e. The highest BCUT2D eigenvalue weighted by molar-refractivity contribution is 9.10. The van der Waals surface area contributed by atoms with E-state index < -0.39 is 5.60 Å². The monoisotopic (exact) mass is 430 g/mol. The van der Waals surface area contributed by atoms with Gasteiger partial charge in [0.2, 0.25) is 5.91 Å². The van der Waals surface area contributed by atoms with Gasteiger partial charge in [0.15, 0.2) is 0 Å². The summed E-state index contributed by atoms with van der Waals surface area (Å²) in [6, 6.07) is 5.19. The second-order valence-corrected chi connectivity index (χ2v) is 8.65. The fraction of sp³-hybridized carbons (Fsp3) is 0.556. The molecule has 1 heterocycles. The molecule has 138 valence electrons. The van der Waals surface area contributed by atoms with Gasteiger partial charge in [-0.15, -0.1) is 0 Å². The highest BCUT2D eigenvalue weighted by Crippen LogP contribution is 2.29. The van der Waals surface area contributed by atoms with Crippen molar-refractivity contribution >= 4 is 45.2 Å². The van der Waals surface area contributed by atoms with Crippen LogP contribution in [-0.2, 0) is 9.53 Å². The van der Waals surface area contributed by atoms with Gasteiger partial charge in [-0.2, -0.15) is 0 Å². The topological polar surface area (TPSA) is 58.6 Å². The van der Waals surface area contributed by atoms with E-state index in [1.54, 1.807) is 23.1 Å². The molecular formula is C18H24BrClN2O3. The first-order valence-corrected chi connectivity index (χ1v) is 9.49. The highest BCUT2D eigenvalue weighted by atomic mass is 79.9. The number of hydrogen-bond acceptors (Lipinski definition) is 3. The number of carbonyl (C=O) groups is 2. The van der Waals surface area contributed by atoms with Crippen molar-refractivity contribution in [3.8, 4) is 0 Å². The standard InChI is InChI=1S/C18H24BrClN2O3/c1-11-9-12(7-8-22(11)17(24)25-18(2,3)4)16(23)21-15-6-5-13(20)10-14(15)19/h5-6,10-12H,7-9H2,1-4H3,(H,21,23). The summed E-state index contributed by atoms with van der Waals surface area (Å²) < 4.78 is 6.18. The van der Waals surface area contributed by atoms with Crippen LogP contribution in [0.25, 0.3) is 0 Å². The van der Waals surface area contributed by atoms with Crippen LogP contribution in [0.2, 0.25) is 5.02 Å². The number of rotatable bonds is 2. The number of carbonyl (C=O) groups excluding carboxylic acids is 2. The molecule has 0 bridgehead atoms. The summed E-state index contributed by atoms with van der Waals surface area (Å²) in [5.74, 6) is -0.185. The summed E-state index contributed by atoms with van der Waals surface area (Å²) in [7, 11) is 0. The van der Waals surface area contributed by atoms with Crippen LogP contribution in [0.3, 0.4) is 0 Å². The van der Waals surface area contributed by atoms with Crippen molar-refractivity contribution in [2.45, 2.75) is 52.2 Å². The lowest BCUT2D eigenvalue weighted by molar-refractivity contribution is -0.121. The van der Waals surface area contributed by atoms with Crippen LogP contribution >= 0.6 is 27.5 Å². The zero-order valence-corrected chi connectivity index (χ0v) is 17.3. The summed E-state index contributed by atoms with van der Waals surface area (Å²) >= 11 is 9.32. The maximum absolute atomic E-state index is 12.6. The first-order chi connectivity index (χ1) is 11.6. The predicted octanol–water partition coefficient (Wildman–Crippen LogP) is 5.08. The number of likely N-dealkylation sites (tertiary alicyclic amines) is 1. The van der Waals surface area contributed by atoms with Crippen LogP contribution in [0.5, 0.6) is 0 Å². The third-order valence-corrected chi connectivity index (χ3v) is 4.96. The number of anilines is 1. The minimum Gasteiger partial charge on any atom is -0.444 e. The van der Waals surface area contributed by atoms with Crippen molar-refractivity contribution in [3.63, 3.8) is 0 Å². The highest BCUT2D eigenvalue weighted by Gasteiger charge is 2.34. The van der Waals surface area contributed by atoms with Crippen molar-refractivity contribution in [3.05, 3.63) is 27.7 Å². The lowest BCUT2D eigenvalue weighted by atomic mass is 9.91. The molecule has 0 saturated carbocycles. The van der Waals surface area contributed by atoms with Gasteiger partial charge in [-0.25, -0.2) is 4.79 Å². The third kappa shape index (κ3) is 5.61. The Balaban J connectivity index is 1.95. The molecule has 1 saturated heterocycles. The molecule has 1 aliphatic rings. The molecule has 7 heteroatoms. The van der Waals surface area contributed by atoms with Gasteiger partial charge in [0.05, 0.1) is 5.69 Å². The van der Waals surface area contributed by atoms with Gasteiger partial charge in [-0.1, -0.05) is 11.6 Å². The second-order valence-electron chi connectivity index (χ2n) is 7.36. The fourth-order valence-corrected chi connectivity index (χ4v) is 3.61. The van der Waals surface area contributed by atoms with E-state index in [0.717, 1.165) is 4.47 Å². The van der Waals surface area contributed by atoms with Gasteiger partial charge < -0.3 is 15.0 Å². The van der Waals surface area contributed by atoms with E-state index in [0.29, 0.717) is 30.1 Å². The van der Waals surface area contributed by atoms with E-state index in [9.17, 15) is 9.59 Å². The maximum Gasteiger partial charge on any atom is 0.410 e. The average molecular weight is 432 g/mol. The quantitative estimate of drug-likeness (QED) is 0.710. The molecule has 2 atom stereocenters. The number of benzene rings is 1. The van der Waals surface area contributed by atoms with Crippen molar-refractivity contribution in [2.75, 3.05) is 11.9 Å². The van der Waals surface area contributed by atoms with Gasteiger partial charge in [-0.3, -0.25) is 4.79 Å². The number of hydrogen-bond donors (Lipinski definition) is 1. The van der Waals surface area contributed by atoms with E-state index in [1.165, 1.54) is 0 Å². The molecule has 0 aliphatic carbocycles. The summed E-state index contributed by atoms with van der Waals surface area (Å²) in [6.07, 6.45) is 0.899. The van der Waals surface area contributed by atoms with E-state index >= 15 is 0 Å². The summed E-state index contributed by atoms with van der Waals surface area (Å²) in [5, 5.41) is 3.53. The molecule has 0 spiro atoms. The van der Waals surface area contributed by atoms with E-state index in [-0.39, 0.29) is 24.0 Å². The molecule has 1 fully saturated rings. The Bertz CT molecular complexity index is 660. The zero-order chi connectivity index (χ0) is 18.8. The summed E-state index contributed by atoms with van der Waals surface area (Å²) in [6.45, 7) is 8.00. The van der Waals surface area contributed by atoms with Gasteiger partial charge in [0, 0.05) is 28.0 Å². The zero-order valence-electron chi connectivity index (χ0n) is 14.9. The molecule has 2 rings (SSSR count). The molecule has 2 amide bonds. The molecule has 1 aromatic carbocycles. The van der Waals surface area contributed by atoms with Crippen molar-refractivity contribution in [1.82, 2.24) is 4.90 Å². The smallest absolute Gasteiger partial charge is 0.410 e. The van der Waals surface area contributed by atoms with Crippen molar-refractivity contribution < 1.29 is 14.3 Å². The van der Waals surface area contributed by atoms with Crippen LogP contribution < -0.4 is 5.32 Å². The summed E-state index contributed by atoms with van der Waals surface area (Å²) in [5.41, 5.74) is 0.169. The predicted molar refractivity (Wildman–Crippen MR) is 103 cm³/mol. The molecular weight excluding hydrogens is 408 g/mol. The third-order valence-electron chi connectivity index (χ3n) is 4.06. The Labute approximate surface area is 162 Å². The molecule has 25 heavy (non-hydrogen) atoms. The Morgan fingerprint density at radius 2 is 2.04 bits per heavy atom. The number of nitrogens with zero attached hydrogens (tertiary/aromatic N) is 1. The van der Waals surface area contributed by atoms with Crippen LogP contribution in [0.4, 0.5) is 10.5 Å². The van der Waals surface area contributed by atoms with Gasteiger partial charge in [-0.05, 0) is 74.7 Å². The van der Waals surface area contributed by atoms with Gasteiger partial charge in [0.25, 0.3) is 0 Å². The maximum atomic E-state index is 12.6. The number of ether oxygens (including phenoxy) is 1. The number of nitrogens with one attached hydrogen (secondary N) is 1. The van der Waals surface area contributed by atoms with Gasteiger partial charge >= 0.3 is 6.09 Å².